The fraction of sp³-hybridized carbons (Fsp3) is 0.316. The molecule has 0 aromatic heterocycles. The predicted molar refractivity (Wildman–Crippen MR) is 102 cm³/mol. The zero-order chi connectivity index (χ0) is 17.7. The zero-order valence-electron chi connectivity index (χ0n) is 14.2. The molecule has 0 radical (unpaired) electrons. The monoisotopic (exact) mass is 364 g/mol. The van der Waals surface area contributed by atoms with E-state index in [1.54, 1.807) is 12.1 Å². The van der Waals surface area contributed by atoms with E-state index in [9.17, 15) is 4.79 Å². The minimum atomic E-state index is 0.0541. The predicted octanol–water partition coefficient (Wildman–Crippen LogP) is 4.65. The first kappa shape index (κ1) is 18.6. The van der Waals surface area contributed by atoms with Gasteiger partial charge in [-0.15, -0.1) is 0 Å². The van der Waals surface area contributed by atoms with Gasteiger partial charge in [0, 0.05) is 42.9 Å². The van der Waals surface area contributed by atoms with E-state index in [4.69, 9.17) is 23.2 Å². The molecule has 1 amide bonds. The fourth-order valence-electron chi connectivity index (χ4n) is 2.44. The number of rotatable bonds is 6. The molecule has 0 spiro atoms. The number of halogens is 2. The summed E-state index contributed by atoms with van der Waals surface area (Å²) in [6.07, 6.45) is 0.277. The lowest BCUT2D eigenvalue weighted by Crippen LogP contribution is -2.31. The Hall–Kier alpha value is -1.71. The molecule has 0 atom stereocenters. The summed E-state index contributed by atoms with van der Waals surface area (Å²) in [4.78, 5) is 16.5. The lowest BCUT2D eigenvalue weighted by atomic mass is 10.1. The number of benzene rings is 2. The Kier molecular flexibility index (Phi) is 6.52. The van der Waals surface area contributed by atoms with E-state index in [0.717, 1.165) is 16.8 Å². The SMILES string of the molecule is CCN(Cc1ccc(N(C)C)cc1)C(=O)Cc1ccc(Cl)cc1Cl. The summed E-state index contributed by atoms with van der Waals surface area (Å²) >= 11 is 12.1. The van der Waals surface area contributed by atoms with Crippen LogP contribution >= 0.6 is 23.2 Å². The highest BCUT2D eigenvalue weighted by Crippen LogP contribution is 2.22. The number of likely N-dealkylation sites (N-methyl/N-ethyl adjacent to an activating group) is 1. The van der Waals surface area contributed by atoms with Gasteiger partial charge in [0.2, 0.25) is 5.91 Å². The largest absolute Gasteiger partial charge is 0.378 e. The highest BCUT2D eigenvalue weighted by Gasteiger charge is 2.15. The van der Waals surface area contributed by atoms with Crippen LogP contribution < -0.4 is 4.90 Å². The van der Waals surface area contributed by atoms with Gasteiger partial charge in [-0.25, -0.2) is 0 Å². The minimum Gasteiger partial charge on any atom is -0.378 e. The maximum Gasteiger partial charge on any atom is 0.227 e. The Morgan fingerprint density at radius 1 is 1.04 bits per heavy atom. The molecule has 0 unspecified atom stereocenters. The maximum atomic E-state index is 12.6. The van der Waals surface area contributed by atoms with Gasteiger partial charge >= 0.3 is 0 Å². The van der Waals surface area contributed by atoms with Crippen LogP contribution in [-0.4, -0.2) is 31.4 Å². The second-order valence-electron chi connectivity index (χ2n) is 5.88. The van der Waals surface area contributed by atoms with Gasteiger partial charge in [-0.2, -0.15) is 0 Å². The molecule has 24 heavy (non-hydrogen) atoms. The Labute approximate surface area is 153 Å². The van der Waals surface area contributed by atoms with Crippen LogP contribution in [0.5, 0.6) is 0 Å². The topological polar surface area (TPSA) is 23.6 Å². The van der Waals surface area contributed by atoms with E-state index in [2.05, 4.69) is 29.2 Å². The van der Waals surface area contributed by atoms with Crippen molar-refractivity contribution in [3.8, 4) is 0 Å². The first-order valence-corrected chi connectivity index (χ1v) is 8.64. The first-order valence-electron chi connectivity index (χ1n) is 7.88. The number of carbonyl (C=O) groups excluding carboxylic acids is 1. The second-order valence-corrected chi connectivity index (χ2v) is 6.72. The summed E-state index contributed by atoms with van der Waals surface area (Å²) in [5, 5.41) is 1.10. The molecule has 2 aromatic carbocycles. The van der Waals surface area contributed by atoms with Crippen LogP contribution in [0.25, 0.3) is 0 Å². The summed E-state index contributed by atoms with van der Waals surface area (Å²) in [5.74, 6) is 0.0541. The van der Waals surface area contributed by atoms with Gasteiger partial charge in [0.15, 0.2) is 0 Å². The van der Waals surface area contributed by atoms with E-state index >= 15 is 0 Å². The molecular formula is C19H22Cl2N2O. The molecule has 0 aliphatic rings. The van der Waals surface area contributed by atoms with Crippen LogP contribution in [0.4, 0.5) is 5.69 Å². The summed E-state index contributed by atoms with van der Waals surface area (Å²) in [7, 11) is 4.01. The molecule has 0 fully saturated rings. The summed E-state index contributed by atoms with van der Waals surface area (Å²) in [6.45, 7) is 3.23. The molecule has 0 heterocycles. The summed E-state index contributed by atoms with van der Waals surface area (Å²) in [6, 6.07) is 13.5. The van der Waals surface area contributed by atoms with Gasteiger partial charge < -0.3 is 9.80 Å². The lowest BCUT2D eigenvalue weighted by Gasteiger charge is -2.22. The first-order chi connectivity index (χ1) is 11.4. The standard InChI is InChI=1S/C19H22Cl2N2O/c1-4-23(13-14-5-9-17(10-6-14)22(2)3)19(24)11-15-7-8-16(20)12-18(15)21/h5-10,12H,4,11,13H2,1-3H3. The average molecular weight is 365 g/mol. The molecule has 128 valence electrons. The quantitative estimate of drug-likeness (QED) is 0.744. The Bertz CT molecular complexity index is 699. The van der Waals surface area contributed by atoms with Crippen molar-refractivity contribution in [1.82, 2.24) is 4.90 Å². The zero-order valence-corrected chi connectivity index (χ0v) is 15.7. The molecule has 0 aliphatic carbocycles. The Balaban J connectivity index is 2.05. The molecule has 0 N–H and O–H groups in total. The summed E-state index contributed by atoms with van der Waals surface area (Å²) < 4.78 is 0. The number of anilines is 1. The van der Waals surface area contributed by atoms with Gasteiger partial charge in [-0.05, 0) is 42.3 Å². The molecular weight excluding hydrogens is 343 g/mol. The van der Waals surface area contributed by atoms with Gasteiger partial charge in [-0.1, -0.05) is 41.4 Å². The van der Waals surface area contributed by atoms with Crippen LogP contribution in [0.15, 0.2) is 42.5 Å². The second kappa shape index (κ2) is 8.41. The molecule has 3 nitrogen and oxygen atoms in total. The number of amides is 1. The Morgan fingerprint density at radius 2 is 1.71 bits per heavy atom. The van der Waals surface area contributed by atoms with Crippen LogP contribution in [-0.2, 0) is 17.8 Å². The van der Waals surface area contributed by atoms with Gasteiger partial charge in [0.05, 0.1) is 6.42 Å². The Morgan fingerprint density at radius 3 is 2.25 bits per heavy atom. The highest BCUT2D eigenvalue weighted by molar-refractivity contribution is 6.35. The van der Waals surface area contributed by atoms with Crippen molar-refractivity contribution in [2.24, 2.45) is 0 Å². The molecule has 0 saturated heterocycles. The summed E-state index contributed by atoms with van der Waals surface area (Å²) in [5.41, 5.74) is 3.05. The van der Waals surface area contributed by atoms with Crippen LogP contribution in [0.2, 0.25) is 10.0 Å². The van der Waals surface area contributed by atoms with Gasteiger partial charge in [0.1, 0.15) is 0 Å². The molecule has 5 heteroatoms. The smallest absolute Gasteiger partial charge is 0.227 e. The number of nitrogens with zero attached hydrogens (tertiary/aromatic N) is 2. The normalized spacial score (nSPS) is 10.5. The minimum absolute atomic E-state index is 0.0541. The van der Waals surface area contributed by atoms with E-state index < -0.39 is 0 Å². The van der Waals surface area contributed by atoms with Gasteiger partial charge in [0.25, 0.3) is 0 Å². The van der Waals surface area contributed by atoms with Crippen molar-refractivity contribution in [2.45, 2.75) is 19.9 Å². The number of carbonyl (C=O) groups is 1. The van der Waals surface area contributed by atoms with Crippen molar-refractivity contribution in [3.05, 3.63) is 63.6 Å². The highest BCUT2D eigenvalue weighted by atomic mass is 35.5. The van der Waals surface area contributed by atoms with Crippen LogP contribution in [0, 0.1) is 0 Å². The van der Waals surface area contributed by atoms with E-state index in [1.165, 1.54) is 0 Å². The van der Waals surface area contributed by atoms with E-state index in [0.29, 0.717) is 23.1 Å². The fourth-order valence-corrected chi connectivity index (χ4v) is 2.91. The third-order valence-corrected chi connectivity index (χ3v) is 4.50. The number of hydrogen-bond donors (Lipinski definition) is 0. The van der Waals surface area contributed by atoms with Crippen molar-refractivity contribution < 1.29 is 4.79 Å². The number of hydrogen-bond acceptors (Lipinski definition) is 2. The van der Waals surface area contributed by atoms with Gasteiger partial charge in [-0.3, -0.25) is 4.79 Å². The third-order valence-electron chi connectivity index (χ3n) is 3.92. The van der Waals surface area contributed by atoms with Crippen LogP contribution in [0.3, 0.4) is 0 Å². The van der Waals surface area contributed by atoms with E-state index in [-0.39, 0.29) is 12.3 Å². The molecule has 2 aromatic rings. The molecule has 0 saturated carbocycles. The maximum absolute atomic E-state index is 12.6. The lowest BCUT2D eigenvalue weighted by molar-refractivity contribution is -0.130. The van der Waals surface area contributed by atoms with Crippen molar-refractivity contribution >= 4 is 34.8 Å². The average Bonchev–Trinajstić information content (AvgIpc) is 2.55. The van der Waals surface area contributed by atoms with Crippen molar-refractivity contribution in [1.29, 1.82) is 0 Å². The third kappa shape index (κ3) is 4.89. The molecule has 2 rings (SSSR count). The molecule has 0 bridgehead atoms. The van der Waals surface area contributed by atoms with Crippen LogP contribution in [0.1, 0.15) is 18.1 Å². The van der Waals surface area contributed by atoms with E-state index in [1.807, 2.05) is 32.0 Å². The van der Waals surface area contributed by atoms with Crippen molar-refractivity contribution in [3.63, 3.8) is 0 Å². The molecule has 0 aliphatic heterocycles. The van der Waals surface area contributed by atoms with Crippen molar-refractivity contribution in [2.75, 3.05) is 25.5 Å².